The molecule has 2 aromatic rings. The van der Waals surface area contributed by atoms with E-state index in [1.54, 1.807) is 31.2 Å². The van der Waals surface area contributed by atoms with Gasteiger partial charge in [0.25, 0.3) is 0 Å². The van der Waals surface area contributed by atoms with Gasteiger partial charge in [-0.25, -0.2) is 12.8 Å². The van der Waals surface area contributed by atoms with E-state index < -0.39 is 34.3 Å². The molecule has 7 nitrogen and oxygen atoms in total. The third kappa shape index (κ3) is 7.53. The molecule has 0 aromatic heterocycles. The molecule has 0 bridgehead atoms. The van der Waals surface area contributed by atoms with Crippen molar-refractivity contribution in [3.05, 3.63) is 64.4 Å². The summed E-state index contributed by atoms with van der Waals surface area (Å²) in [6.45, 7) is 4.89. The molecule has 0 radical (unpaired) electrons. The minimum Gasteiger partial charge on any atom is -0.352 e. The molecule has 33 heavy (non-hydrogen) atoms. The highest BCUT2D eigenvalue weighted by Crippen LogP contribution is 2.28. The summed E-state index contributed by atoms with van der Waals surface area (Å²) in [4.78, 5) is 27.5. The molecule has 2 atom stereocenters. The first kappa shape index (κ1) is 26.8. The average Bonchev–Trinajstić information content (AvgIpc) is 2.76. The van der Waals surface area contributed by atoms with Crippen molar-refractivity contribution in [2.45, 2.75) is 45.8 Å². The fourth-order valence-corrected chi connectivity index (χ4v) is 4.56. The molecule has 2 aromatic carbocycles. The van der Waals surface area contributed by atoms with Crippen molar-refractivity contribution in [1.29, 1.82) is 0 Å². The molecule has 0 spiro atoms. The number of benzene rings is 2. The standard InChI is InChI=1S/C23H29BrFN3O4S/c1-5-16(2)26-23(30)17(3)27(14-18-10-12-19(25)13-11-18)22(29)15-28(33(4,31)32)21-9-7-6-8-20(21)24/h6-13,16-17H,5,14-15H2,1-4H3,(H,26,30)/t16-,17+/m0/s1. The molecule has 0 saturated carbocycles. The topological polar surface area (TPSA) is 86.8 Å². The van der Waals surface area contributed by atoms with Crippen molar-refractivity contribution in [2.75, 3.05) is 17.1 Å². The second kappa shape index (κ2) is 11.6. The number of hydrogen-bond acceptors (Lipinski definition) is 4. The number of sulfonamides is 1. The van der Waals surface area contributed by atoms with Crippen LogP contribution in [0, 0.1) is 5.82 Å². The number of rotatable bonds is 10. The van der Waals surface area contributed by atoms with E-state index >= 15 is 0 Å². The molecule has 10 heteroatoms. The van der Waals surface area contributed by atoms with Gasteiger partial charge in [0.15, 0.2) is 0 Å². The number of nitrogens with zero attached hydrogens (tertiary/aromatic N) is 2. The average molecular weight is 542 g/mol. The van der Waals surface area contributed by atoms with Gasteiger partial charge in [-0.15, -0.1) is 0 Å². The Morgan fingerprint density at radius 3 is 2.24 bits per heavy atom. The maximum absolute atomic E-state index is 13.4. The van der Waals surface area contributed by atoms with E-state index in [0.29, 0.717) is 22.1 Å². The van der Waals surface area contributed by atoms with Gasteiger partial charge in [0.05, 0.1) is 11.9 Å². The summed E-state index contributed by atoms with van der Waals surface area (Å²) in [7, 11) is -3.81. The zero-order chi connectivity index (χ0) is 24.8. The largest absolute Gasteiger partial charge is 0.352 e. The zero-order valence-electron chi connectivity index (χ0n) is 19.1. The van der Waals surface area contributed by atoms with E-state index in [0.717, 1.165) is 10.6 Å². The van der Waals surface area contributed by atoms with Gasteiger partial charge in [-0.3, -0.25) is 13.9 Å². The number of halogens is 2. The van der Waals surface area contributed by atoms with Gasteiger partial charge >= 0.3 is 0 Å². The summed E-state index contributed by atoms with van der Waals surface area (Å²) >= 11 is 3.33. The highest BCUT2D eigenvalue weighted by Gasteiger charge is 2.31. The summed E-state index contributed by atoms with van der Waals surface area (Å²) in [6.07, 6.45) is 1.73. The second-order valence-electron chi connectivity index (χ2n) is 7.86. The SMILES string of the molecule is CC[C@H](C)NC(=O)[C@@H](C)N(Cc1ccc(F)cc1)C(=O)CN(c1ccccc1Br)S(C)(=O)=O. The Labute approximate surface area is 203 Å². The molecule has 0 unspecified atom stereocenters. The normalized spacial score (nSPS) is 13.2. The van der Waals surface area contributed by atoms with Gasteiger partial charge in [0, 0.05) is 17.1 Å². The van der Waals surface area contributed by atoms with Gasteiger partial charge < -0.3 is 10.2 Å². The zero-order valence-corrected chi connectivity index (χ0v) is 21.5. The van der Waals surface area contributed by atoms with Crippen LogP contribution >= 0.6 is 15.9 Å². The Morgan fingerprint density at radius 2 is 1.70 bits per heavy atom. The fourth-order valence-electron chi connectivity index (χ4n) is 3.08. The predicted molar refractivity (Wildman–Crippen MR) is 131 cm³/mol. The molecule has 0 aliphatic rings. The molecule has 2 amide bonds. The first-order valence-corrected chi connectivity index (χ1v) is 13.1. The number of nitrogens with one attached hydrogen (secondary N) is 1. The Morgan fingerprint density at radius 1 is 1.09 bits per heavy atom. The minimum atomic E-state index is -3.81. The van der Waals surface area contributed by atoms with Crippen molar-refractivity contribution in [1.82, 2.24) is 10.2 Å². The van der Waals surface area contributed by atoms with Crippen LogP contribution in [0.2, 0.25) is 0 Å². The monoisotopic (exact) mass is 541 g/mol. The van der Waals surface area contributed by atoms with Crippen LogP contribution in [0.3, 0.4) is 0 Å². The molecule has 0 heterocycles. The van der Waals surface area contributed by atoms with Crippen LogP contribution in [-0.2, 0) is 26.2 Å². The molecular weight excluding hydrogens is 513 g/mol. The highest BCUT2D eigenvalue weighted by atomic mass is 79.9. The summed E-state index contributed by atoms with van der Waals surface area (Å²) in [5.41, 5.74) is 0.923. The Balaban J connectivity index is 2.39. The summed E-state index contributed by atoms with van der Waals surface area (Å²) in [6, 6.07) is 11.3. The quantitative estimate of drug-likeness (QED) is 0.497. The molecule has 0 aliphatic carbocycles. The van der Waals surface area contributed by atoms with E-state index in [1.165, 1.54) is 29.2 Å². The third-order valence-electron chi connectivity index (χ3n) is 5.23. The van der Waals surface area contributed by atoms with E-state index in [1.807, 2.05) is 13.8 Å². The summed E-state index contributed by atoms with van der Waals surface area (Å²) in [5, 5.41) is 2.85. The lowest BCUT2D eigenvalue weighted by Crippen LogP contribution is -2.52. The minimum absolute atomic E-state index is 0.0156. The summed E-state index contributed by atoms with van der Waals surface area (Å²) in [5.74, 6) is -1.34. The second-order valence-corrected chi connectivity index (χ2v) is 10.6. The smallest absolute Gasteiger partial charge is 0.244 e. The number of para-hydroxylation sites is 1. The third-order valence-corrected chi connectivity index (χ3v) is 7.03. The Kier molecular flexibility index (Phi) is 9.42. The molecular formula is C23H29BrFN3O4S. The molecule has 0 aliphatic heterocycles. The maximum atomic E-state index is 13.4. The molecule has 0 saturated heterocycles. The number of carbonyl (C=O) groups is 2. The van der Waals surface area contributed by atoms with Crippen molar-refractivity contribution in [2.24, 2.45) is 0 Å². The number of anilines is 1. The fraction of sp³-hybridized carbons (Fsp3) is 0.391. The Bertz CT molecular complexity index is 1080. The number of amides is 2. The van der Waals surface area contributed by atoms with Crippen LogP contribution in [0.5, 0.6) is 0 Å². The first-order chi connectivity index (χ1) is 15.4. The van der Waals surface area contributed by atoms with Crippen LogP contribution in [0.1, 0.15) is 32.8 Å². The van der Waals surface area contributed by atoms with Gasteiger partial charge in [-0.05, 0) is 66.0 Å². The van der Waals surface area contributed by atoms with Gasteiger partial charge in [-0.1, -0.05) is 31.2 Å². The van der Waals surface area contributed by atoms with E-state index in [9.17, 15) is 22.4 Å². The predicted octanol–water partition coefficient (Wildman–Crippen LogP) is 3.69. The molecule has 0 fully saturated rings. The van der Waals surface area contributed by atoms with Crippen LogP contribution in [0.25, 0.3) is 0 Å². The van der Waals surface area contributed by atoms with Crippen molar-refractivity contribution in [3.63, 3.8) is 0 Å². The van der Waals surface area contributed by atoms with Crippen molar-refractivity contribution >= 4 is 43.5 Å². The highest BCUT2D eigenvalue weighted by molar-refractivity contribution is 9.10. The molecule has 2 rings (SSSR count). The van der Waals surface area contributed by atoms with Gasteiger partial charge in [-0.2, -0.15) is 0 Å². The summed E-state index contributed by atoms with van der Waals surface area (Å²) < 4.78 is 39.9. The lowest BCUT2D eigenvalue weighted by atomic mass is 10.1. The lowest BCUT2D eigenvalue weighted by Gasteiger charge is -2.32. The van der Waals surface area contributed by atoms with Gasteiger partial charge in [0.2, 0.25) is 21.8 Å². The first-order valence-electron chi connectivity index (χ1n) is 10.5. The maximum Gasteiger partial charge on any atom is 0.244 e. The van der Waals surface area contributed by atoms with Crippen LogP contribution in [0.4, 0.5) is 10.1 Å². The molecule has 180 valence electrons. The number of hydrogen-bond donors (Lipinski definition) is 1. The number of carbonyl (C=O) groups excluding carboxylic acids is 2. The molecule has 1 N–H and O–H groups in total. The van der Waals surface area contributed by atoms with Crippen LogP contribution < -0.4 is 9.62 Å². The van der Waals surface area contributed by atoms with Crippen LogP contribution in [0.15, 0.2) is 53.0 Å². The lowest BCUT2D eigenvalue weighted by molar-refractivity contribution is -0.139. The van der Waals surface area contributed by atoms with E-state index in [4.69, 9.17) is 0 Å². The van der Waals surface area contributed by atoms with Crippen molar-refractivity contribution < 1.29 is 22.4 Å². The Hall–Kier alpha value is -2.46. The van der Waals surface area contributed by atoms with E-state index in [2.05, 4.69) is 21.2 Å². The van der Waals surface area contributed by atoms with Crippen LogP contribution in [-0.4, -0.2) is 50.0 Å². The van der Waals surface area contributed by atoms with Gasteiger partial charge in [0.1, 0.15) is 18.4 Å². The van der Waals surface area contributed by atoms with Crippen molar-refractivity contribution in [3.8, 4) is 0 Å². The van der Waals surface area contributed by atoms with E-state index in [-0.39, 0.29) is 18.5 Å².